The van der Waals surface area contributed by atoms with Crippen LogP contribution in [0, 0.1) is 0 Å². The first-order chi connectivity index (χ1) is 12.4. The van der Waals surface area contributed by atoms with Crippen LogP contribution in [0.5, 0.6) is 0 Å². The smallest absolute Gasteiger partial charge is 0.252 e. The van der Waals surface area contributed by atoms with Gasteiger partial charge in [-0.05, 0) is 25.3 Å². The Kier molecular flexibility index (Phi) is 5.43. The highest BCUT2D eigenvalue weighted by atomic mass is 32.2. The fraction of sp³-hybridized carbons (Fsp3) is 0.444. The van der Waals surface area contributed by atoms with Crippen LogP contribution in [-0.4, -0.2) is 49.0 Å². The Labute approximate surface area is 152 Å². The number of sulfonamides is 1. The van der Waals surface area contributed by atoms with Crippen LogP contribution < -0.4 is 10.9 Å². The molecule has 3 rings (SSSR count). The van der Waals surface area contributed by atoms with Gasteiger partial charge >= 0.3 is 0 Å². The highest BCUT2D eigenvalue weighted by Gasteiger charge is 2.29. The average molecular weight is 377 g/mol. The van der Waals surface area contributed by atoms with Crippen LogP contribution in [0.1, 0.15) is 36.0 Å². The minimum atomic E-state index is -3.24. The third-order valence-electron chi connectivity index (χ3n) is 4.76. The molecule has 1 aromatic heterocycles. The lowest BCUT2D eigenvalue weighted by Gasteiger charge is -2.33. The third kappa shape index (κ3) is 4.13. The number of nitrogens with zero attached hydrogens (tertiary/aromatic N) is 1. The van der Waals surface area contributed by atoms with Gasteiger partial charge in [0.2, 0.25) is 15.6 Å². The molecule has 7 nitrogen and oxygen atoms in total. The van der Waals surface area contributed by atoms with E-state index in [1.54, 1.807) is 18.2 Å². The second-order valence-electron chi connectivity index (χ2n) is 6.66. The molecule has 2 heterocycles. The fourth-order valence-electron chi connectivity index (χ4n) is 3.54. The van der Waals surface area contributed by atoms with Gasteiger partial charge in [0.1, 0.15) is 0 Å². The lowest BCUT2D eigenvalue weighted by Crippen LogP contribution is -2.44. The minimum Gasteiger partial charge on any atom is -0.352 e. The second-order valence-corrected chi connectivity index (χ2v) is 8.60. The van der Waals surface area contributed by atoms with Gasteiger partial charge in [0, 0.05) is 36.1 Å². The van der Waals surface area contributed by atoms with Crippen molar-refractivity contribution in [3.05, 3.63) is 46.2 Å². The molecule has 1 amide bonds. The maximum Gasteiger partial charge on any atom is 0.252 e. The SMILES string of the molecule is CS(=O)(=O)N1CCCCC1CCNC(=O)c1cc(=O)[nH]c2ccccc12. The predicted molar refractivity (Wildman–Crippen MR) is 101 cm³/mol. The third-order valence-corrected chi connectivity index (χ3v) is 6.09. The zero-order chi connectivity index (χ0) is 18.7. The Morgan fingerprint density at radius 1 is 1.31 bits per heavy atom. The molecule has 0 saturated carbocycles. The number of H-pyrrole nitrogens is 1. The number of benzene rings is 1. The Balaban J connectivity index is 1.69. The van der Waals surface area contributed by atoms with E-state index < -0.39 is 10.0 Å². The number of nitrogens with one attached hydrogen (secondary N) is 2. The number of pyridine rings is 1. The Hall–Kier alpha value is -2.19. The van der Waals surface area contributed by atoms with E-state index in [1.807, 2.05) is 6.07 Å². The van der Waals surface area contributed by atoms with Crippen molar-refractivity contribution >= 4 is 26.8 Å². The summed E-state index contributed by atoms with van der Waals surface area (Å²) in [4.78, 5) is 27.0. The molecule has 1 aliphatic heterocycles. The normalized spacial score (nSPS) is 18.7. The van der Waals surface area contributed by atoms with Gasteiger partial charge in [-0.2, -0.15) is 4.31 Å². The molecule has 0 spiro atoms. The van der Waals surface area contributed by atoms with E-state index in [0.717, 1.165) is 19.3 Å². The maximum absolute atomic E-state index is 12.5. The van der Waals surface area contributed by atoms with Crippen LogP contribution in [0.25, 0.3) is 10.9 Å². The van der Waals surface area contributed by atoms with E-state index in [4.69, 9.17) is 0 Å². The topological polar surface area (TPSA) is 99.3 Å². The first-order valence-corrected chi connectivity index (χ1v) is 10.6. The summed E-state index contributed by atoms with van der Waals surface area (Å²) in [5, 5.41) is 3.50. The summed E-state index contributed by atoms with van der Waals surface area (Å²) in [5.41, 5.74) is 0.609. The minimum absolute atomic E-state index is 0.0880. The quantitative estimate of drug-likeness (QED) is 0.824. The van der Waals surface area contributed by atoms with E-state index in [2.05, 4.69) is 10.3 Å². The highest BCUT2D eigenvalue weighted by molar-refractivity contribution is 7.88. The molecule has 1 aliphatic rings. The van der Waals surface area contributed by atoms with Gasteiger partial charge in [0.15, 0.2) is 0 Å². The van der Waals surface area contributed by atoms with E-state index in [1.165, 1.54) is 16.6 Å². The molecule has 0 radical (unpaired) electrons. The van der Waals surface area contributed by atoms with Crippen LogP contribution in [0.3, 0.4) is 0 Å². The summed E-state index contributed by atoms with van der Waals surface area (Å²) in [6.45, 7) is 0.896. The van der Waals surface area contributed by atoms with E-state index >= 15 is 0 Å². The number of hydrogen-bond acceptors (Lipinski definition) is 4. The molecule has 1 fully saturated rings. The van der Waals surface area contributed by atoms with Gasteiger partial charge in [0.05, 0.1) is 11.8 Å². The van der Waals surface area contributed by atoms with Crippen LogP contribution in [0.15, 0.2) is 35.1 Å². The Bertz CT molecular complexity index is 968. The molecular formula is C18H23N3O4S. The molecule has 26 heavy (non-hydrogen) atoms. The van der Waals surface area contributed by atoms with Crippen molar-refractivity contribution < 1.29 is 13.2 Å². The van der Waals surface area contributed by atoms with Crippen molar-refractivity contribution in [2.75, 3.05) is 19.3 Å². The lowest BCUT2D eigenvalue weighted by atomic mass is 10.0. The molecule has 1 unspecified atom stereocenters. The van der Waals surface area contributed by atoms with Crippen molar-refractivity contribution in [3.8, 4) is 0 Å². The van der Waals surface area contributed by atoms with Gasteiger partial charge in [-0.3, -0.25) is 9.59 Å². The molecular weight excluding hydrogens is 354 g/mol. The van der Waals surface area contributed by atoms with Crippen molar-refractivity contribution in [1.82, 2.24) is 14.6 Å². The molecule has 1 atom stereocenters. The van der Waals surface area contributed by atoms with Crippen LogP contribution in [0.2, 0.25) is 0 Å². The van der Waals surface area contributed by atoms with Gasteiger partial charge in [-0.25, -0.2) is 8.42 Å². The summed E-state index contributed by atoms with van der Waals surface area (Å²) >= 11 is 0. The van der Waals surface area contributed by atoms with E-state index in [-0.39, 0.29) is 17.5 Å². The van der Waals surface area contributed by atoms with Crippen LogP contribution in [0.4, 0.5) is 0 Å². The molecule has 1 saturated heterocycles. The fourth-order valence-corrected chi connectivity index (χ4v) is 4.75. The summed E-state index contributed by atoms with van der Waals surface area (Å²) in [6.07, 6.45) is 4.45. The molecule has 8 heteroatoms. The number of amides is 1. The van der Waals surface area contributed by atoms with Crippen molar-refractivity contribution in [2.45, 2.75) is 31.7 Å². The van der Waals surface area contributed by atoms with Gasteiger partial charge in [-0.15, -0.1) is 0 Å². The van der Waals surface area contributed by atoms with E-state index in [0.29, 0.717) is 36.0 Å². The van der Waals surface area contributed by atoms with Gasteiger partial charge < -0.3 is 10.3 Å². The zero-order valence-electron chi connectivity index (χ0n) is 14.7. The second kappa shape index (κ2) is 7.59. The standard InChI is InChI=1S/C18H23N3O4S/c1-26(24,25)21-11-5-4-6-13(21)9-10-19-18(23)15-12-17(22)20-16-8-3-2-7-14(15)16/h2-3,7-8,12-13H,4-6,9-11H2,1H3,(H,19,23)(H,20,22). The summed E-state index contributed by atoms with van der Waals surface area (Å²) < 4.78 is 25.3. The van der Waals surface area contributed by atoms with Crippen molar-refractivity contribution in [2.24, 2.45) is 0 Å². The number of aromatic nitrogens is 1. The molecule has 140 valence electrons. The maximum atomic E-state index is 12.5. The average Bonchev–Trinajstić information content (AvgIpc) is 2.60. The number of carbonyl (C=O) groups excluding carboxylic acids is 1. The highest BCUT2D eigenvalue weighted by Crippen LogP contribution is 2.22. The number of aromatic amines is 1. The number of fused-ring (bicyclic) bond motifs is 1. The number of carbonyl (C=O) groups is 1. The monoisotopic (exact) mass is 377 g/mol. The predicted octanol–water partition coefficient (Wildman–Crippen LogP) is 1.46. The van der Waals surface area contributed by atoms with E-state index in [9.17, 15) is 18.0 Å². The molecule has 1 aromatic carbocycles. The molecule has 2 aromatic rings. The van der Waals surface area contributed by atoms with Gasteiger partial charge in [-0.1, -0.05) is 24.6 Å². The molecule has 2 N–H and O–H groups in total. The first-order valence-electron chi connectivity index (χ1n) is 8.73. The van der Waals surface area contributed by atoms with Crippen LogP contribution in [-0.2, 0) is 10.0 Å². The van der Waals surface area contributed by atoms with Crippen molar-refractivity contribution in [1.29, 1.82) is 0 Å². The summed E-state index contributed by atoms with van der Waals surface area (Å²) in [7, 11) is -3.24. The number of rotatable bonds is 5. The lowest BCUT2D eigenvalue weighted by molar-refractivity contribution is 0.0951. The number of piperidine rings is 1. The Morgan fingerprint density at radius 2 is 2.08 bits per heavy atom. The largest absolute Gasteiger partial charge is 0.352 e. The van der Waals surface area contributed by atoms with Gasteiger partial charge in [0.25, 0.3) is 5.91 Å². The first kappa shape index (κ1) is 18.6. The van der Waals surface area contributed by atoms with Crippen LogP contribution >= 0.6 is 0 Å². The van der Waals surface area contributed by atoms with Crippen molar-refractivity contribution in [3.63, 3.8) is 0 Å². The summed E-state index contributed by atoms with van der Waals surface area (Å²) in [6, 6.07) is 8.34. The number of hydrogen-bond donors (Lipinski definition) is 2. The summed E-state index contributed by atoms with van der Waals surface area (Å²) in [5.74, 6) is -0.325. The molecule has 0 bridgehead atoms. The number of para-hydroxylation sites is 1. The Morgan fingerprint density at radius 3 is 2.85 bits per heavy atom. The zero-order valence-corrected chi connectivity index (χ0v) is 15.5. The molecule has 0 aliphatic carbocycles.